The molecule has 1 heterocycles. The van der Waals surface area contributed by atoms with Crippen LogP contribution in [-0.2, 0) is 0 Å². The van der Waals surface area contributed by atoms with E-state index in [1.807, 2.05) is 0 Å². The Morgan fingerprint density at radius 2 is 1.58 bits per heavy atom. The van der Waals surface area contributed by atoms with E-state index in [4.69, 9.17) is 0 Å². The third kappa shape index (κ3) is 5.27. The van der Waals surface area contributed by atoms with Gasteiger partial charge in [-0.15, -0.1) is 12.4 Å². The van der Waals surface area contributed by atoms with Crippen LogP contribution in [0.15, 0.2) is 65.7 Å². The predicted molar refractivity (Wildman–Crippen MR) is 104 cm³/mol. The first kappa shape index (κ1) is 18.3. The second kappa shape index (κ2) is 9.99. The van der Waals surface area contributed by atoms with Crippen molar-refractivity contribution in [3.05, 3.63) is 71.8 Å². The summed E-state index contributed by atoms with van der Waals surface area (Å²) in [4.78, 5) is 4.46. The number of halogens is 1. The molecule has 0 bridgehead atoms. The van der Waals surface area contributed by atoms with Crippen molar-refractivity contribution in [1.29, 1.82) is 0 Å². The standard InChI is InChI=1S/C20H25N3.ClH/c1-3-9-17(10-4-1)19(18-11-5-2-6-12-18)13-7-14-21-20-22-15-8-16-23-20;/h1-6,9-12,19H,7-8,13-16H2,(H2,21,22,23);1H. The lowest BCUT2D eigenvalue weighted by Gasteiger charge is -2.19. The minimum Gasteiger partial charge on any atom is -0.356 e. The Morgan fingerprint density at radius 3 is 2.12 bits per heavy atom. The maximum absolute atomic E-state index is 4.46. The molecule has 1 aliphatic rings. The molecule has 0 atom stereocenters. The van der Waals surface area contributed by atoms with E-state index in [0.29, 0.717) is 5.92 Å². The quantitative estimate of drug-likeness (QED) is 0.779. The van der Waals surface area contributed by atoms with Gasteiger partial charge in [-0.1, -0.05) is 60.7 Å². The van der Waals surface area contributed by atoms with E-state index >= 15 is 0 Å². The third-order valence-corrected chi connectivity index (χ3v) is 4.26. The van der Waals surface area contributed by atoms with Crippen LogP contribution < -0.4 is 10.6 Å². The van der Waals surface area contributed by atoms with Crippen LogP contribution in [0.1, 0.15) is 36.3 Å². The zero-order valence-corrected chi connectivity index (χ0v) is 14.8. The summed E-state index contributed by atoms with van der Waals surface area (Å²) >= 11 is 0. The average molecular weight is 344 g/mol. The summed E-state index contributed by atoms with van der Waals surface area (Å²) in [5.41, 5.74) is 2.79. The zero-order valence-electron chi connectivity index (χ0n) is 13.9. The summed E-state index contributed by atoms with van der Waals surface area (Å²) in [6.45, 7) is 2.93. The highest BCUT2D eigenvalue weighted by Gasteiger charge is 2.13. The summed E-state index contributed by atoms with van der Waals surface area (Å²) in [7, 11) is 0. The van der Waals surface area contributed by atoms with Crippen molar-refractivity contribution in [1.82, 2.24) is 10.6 Å². The number of aliphatic imine (C=N–C) groups is 1. The van der Waals surface area contributed by atoms with Gasteiger partial charge in [0.05, 0.1) is 0 Å². The van der Waals surface area contributed by atoms with E-state index in [1.165, 1.54) is 11.1 Å². The first-order valence-electron chi connectivity index (χ1n) is 8.55. The van der Waals surface area contributed by atoms with Crippen molar-refractivity contribution in [2.45, 2.75) is 25.2 Å². The highest BCUT2D eigenvalue weighted by Crippen LogP contribution is 2.28. The highest BCUT2D eigenvalue weighted by molar-refractivity contribution is 5.85. The Labute approximate surface area is 151 Å². The zero-order chi connectivity index (χ0) is 15.7. The molecule has 0 fully saturated rings. The number of hydrogen-bond acceptors (Lipinski definition) is 3. The molecule has 2 aromatic rings. The maximum atomic E-state index is 4.46. The van der Waals surface area contributed by atoms with Gasteiger partial charge in [0, 0.05) is 25.6 Å². The molecule has 2 aromatic carbocycles. The lowest BCUT2D eigenvalue weighted by atomic mass is 9.87. The Kier molecular flexibility index (Phi) is 7.63. The lowest BCUT2D eigenvalue weighted by molar-refractivity contribution is 0.631. The second-order valence-corrected chi connectivity index (χ2v) is 5.95. The summed E-state index contributed by atoms with van der Waals surface area (Å²) in [5.74, 6) is 1.42. The van der Waals surface area contributed by atoms with Crippen LogP contribution >= 0.6 is 12.4 Å². The van der Waals surface area contributed by atoms with Crippen molar-refractivity contribution in [3.8, 4) is 0 Å². The van der Waals surface area contributed by atoms with Crippen LogP contribution in [0.3, 0.4) is 0 Å². The SMILES string of the molecule is Cl.c1ccc(C(CCCNC2=NCCCN2)c2ccccc2)cc1. The monoisotopic (exact) mass is 343 g/mol. The second-order valence-electron chi connectivity index (χ2n) is 5.95. The van der Waals surface area contributed by atoms with Crippen LogP contribution in [0.4, 0.5) is 0 Å². The molecule has 2 N–H and O–H groups in total. The van der Waals surface area contributed by atoms with Crippen molar-refractivity contribution in [3.63, 3.8) is 0 Å². The molecule has 0 radical (unpaired) electrons. The van der Waals surface area contributed by atoms with E-state index in [-0.39, 0.29) is 12.4 Å². The van der Waals surface area contributed by atoms with E-state index < -0.39 is 0 Å². The van der Waals surface area contributed by atoms with Crippen molar-refractivity contribution < 1.29 is 0 Å². The fraction of sp³-hybridized carbons (Fsp3) is 0.350. The van der Waals surface area contributed by atoms with E-state index in [1.54, 1.807) is 0 Å². The number of benzene rings is 2. The molecule has 4 heteroatoms. The molecule has 3 rings (SSSR count). The third-order valence-electron chi connectivity index (χ3n) is 4.26. The van der Waals surface area contributed by atoms with Gasteiger partial charge in [-0.05, 0) is 30.4 Å². The first-order chi connectivity index (χ1) is 11.4. The molecule has 0 aromatic heterocycles. The number of rotatable bonds is 6. The summed E-state index contributed by atoms with van der Waals surface area (Å²) in [6, 6.07) is 21.6. The van der Waals surface area contributed by atoms with E-state index in [9.17, 15) is 0 Å². The van der Waals surface area contributed by atoms with Gasteiger partial charge in [-0.25, -0.2) is 0 Å². The molecule has 0 saturated carbocycles. The molecule has 3 nitrogen and oxygen atoms in total. The van der Waals surface area contributed by atoms with Crippen LogP contribution in [0.25, 0.3) is 0 Å². The Hall–Kier alpha value is -2.00. The van der Waals surface area contributed by atoms with Gasteiger partial charge in [-0.2, -0.15) is 0 Å². The molecular formula is C20H26ClN3. The molecule has 1 aliphatic heterocycles. The largest absolute Gasteiger partial charge is 0.356 e. The topological polar surface area (TPSA) is 36.4 Å². The lowest BCUT2D eigenvalue weighted by Crippen LogP contribution is -2.41. The molecule has 24 heavy (non-hydrogen) atoms. The fourth-order valence-electron chi connectivity index (χ4n) is 3.06. The number of guanidine groups is 1. The van der Waals surface area contributed by atoms with Gasteiger partial charge in [0.15, 0.2) is 5.96 Å². The molecule has 0 spiro atoms. The van der Waals surface area contributed by atoms with Gasteiger partial charge in [0.1, 0.15) is 0 Å². The highest BCUT2D eigenvalue weighted by atomic mass is 35.5. The average Bonchev–Trinajstić information content (AvgIpc) is 2.64. The molecular weight excluding hydrogens is 318 g/mol. The van der Waals surface area contributed by atoms with E-state index in [0.717, 1.165) is 44.9 Å². The van der Waals surface area contributed by atoms with Gasteiger partial charge in [0.25, 0.3) is 0 Å². The molecule has 0 amide bonds. The number of nitrogens with zero attached hydrogens (tertiary/aromatic N) is 1. The minimum absolute atomic E-state index is 0. The van der Waals surface area contributed by atoms with Crippen molar-refractivity contribution in [2.75, 3.05) is 19.6 Å². The fourth-order valence-corrected chi connectivity index (χ4v) is 3.06. The molecule has 0 aliphatic carbocycles. The predicted octanol–water partition coefficient (Wildman–Crippen LogP) is 3.96. The summed E-state index contributed by atoms with van der Waals surface area (Å²) in [6.07, 6.45) is 3.39. The Morgan fingerprint density at radius 1 is 0.958 bits per heavy atom. The van der Waals surface area contributed by atoms with Gasteiger partial charge >= 0.3 is 0 Å². The van der Waals surface area contributed by atoms with Crippen LogP contribution in [0, 0.1) is 0 Å². The first-order valence-corrected chi connectivity index (χ1v) is 8.55. The summed E-state index contributed by atoms with van der Waals surface area (Å²) in [5, 5.41) is 6.73. The molecule has 128 valence electrons. The van der Waals surface area contributed by atoms with Gasteiger partial charge in [-0.3, -0.25) is 4.99 Å². The van der Waals surface area contributed by atoms with Gasteiger partial charge < -0.3 is 10.6 Å². The Balaban J connectivity index is 0.00000208. The minimum atomic E-state index is 0. The van der Waals surface area contributed by atoms with Crippen LogP contribution in [0.5, 0.6) is 0 Å². The molecule has 0 unspecified atom stereocenters. The Bertz CT molecular complexity index is 574. The number of hydrogen-bond donors (Lipinski definition) is 2. The normalized spacial score (nSPS) is 13.6. The van der Waals surface area contributed by atoms with Crippen molar-refractivity contribution in [2.24, 2.45) is 4.99 Å². The molecule has 0 saturated heterocycles. The summed E-state index contributed by atoms with van der Waals surface area (Å²) < 4.78 is 0. The van der Waals surface area contributed by atoms with E-state index in [2.05, 4.69) is 76.3 Å². The maximum Gasteiger partial charge on any atom is 0.191 e. The van der Waals surface area contributed by atoms with Crippen LogP contribution in [-0.4, -0.2) is 25.6 Å². The van der Waals surface area contributed by atoms with Crippen molar-refractivity contribution >= 4 is 18.4 Å². The number of nitrogens with one attached hydrogen (secondary N) is 2. The van der Waals surface area contributed by atoms with Gasteiger partial charge in [0.2, 0.25) is 0 Å². The van der Waals surface area contributed by atoms with Crippen LogP contribution in [0.2, 0.25) is 0 Å². The smallest absolute Gasteiger partial charge is 0.191 e.